The molecule has 168 valence electrons. The van der Waals surface area contributed by atoms with E-state index in [9.17, 15) is 4.79 Å². The molecule has 3 aromatic rings. The first-order valence-corrected chi connectivity index (χ1v) is 12.6. The molecule has 0 saturated carbocycles. The van der Waals surface area contributed by atoms with Crippen LogP contribution >= 0.6 is 34.9 Å². The molecular weight excluding hydrogens is 464 g/mol. The quantitative estimate of drug-likeness (QED) is 0.236. The van der Waals surface area contributed by atoms with Crippen LogP contribution < -0.4 is 14.9 Å². The molecule has 0 aliphatic heterocycles. The maximum absolute atomic E-state index is 12.1. The van der Waals surface area contributed by atoms with Crippen LogP contribution in [-0.2, 0) is 10.5 Å². The zero-order valence-corrected chi connectivity index (χ0v) is 20.5. The van der Waals surface area contributed by atoms with Crippen molar-refractivity contribution in [3.05, 3.63) is 59.2 Å². The number of ether oxygens (including phenoxy) is 2. The van der Waals surface area contributed by atoms with Crippen molar-refractivity contribution in [3.8, 4) is 11.5 Å². The molecule has 10 heteroatoms. The summed E-state index contributed by atoms with van der Waals surface area (Å²) in [6.07, 6.45) is 1.56. The Balaban J connectivity index is 1.42. The van der Waals surface area contributed by atoms with Gasteiger partial charge in [0.1, 0.15) is 0 Å². The number of aryl methyl sites for hydroxylation is 1. The lowest BCUT2D eigenvalue weighted by Crippen LogP contribution is -2.19. The van der Waals surface area contributed by atoms with Crippen LogP contribution in [0.15, 0.2) is 56.2 Å². The van der Waals surface area contributed by atoms with Gasteiger partial charge in [0, 0.05) is 5.75 Å². The minimum absolute atomic E-state index is 0.210. The van der Waals surface area contributed by atoms with E-state index in [1.54, 1.807) is 31.2 Å². The normalized spacial score (nSPS) is 11.0. The largest absolute Gasteiger partial charge is 0.493 e. The number of thioether (sulfide) groups is 2. The van der Waals surface area contributed by atoms with Gasteiger partial charge in [0.15, 0.2) is 20.2 Å². The summed E-state index contributed by atoms with van der Waals surface area (Å²) < 4.78 is 12.4. The number of nitrogens with one attached hydrogen (secondary N) is 1. The number of rotatable bonds is 11. The van der Waals surface area contributed by atoms with Gasteiger partial charge in [-0.15, -0.1) is 10.2 Å². The molecule has 0 aliphatic rings. The van der Waals surface area contributed by atoms with Crippen LogP contribution in [-0.4, -0.2) is 41.8 Å². The van der Waals surface area contributed by atoms with Crippen LogP contribution in [0.2, 0.25) is 0 Å². The average Bonchev–Trinajstić information content (AvgIpc) is 3.26. The molecule has 0 bridgehead atoms. The van der Waals surface area contributed by atoms with E-state index in [4.69, 9.17) is 9.47 Å². The van der Waals surface area contributed by atoms with Crippen LogP contribution in [0.25, 0.3) is 0 Å². The third-order valence-electron chi connectivity index (χ3n) is 4.09. The topological polar surface area (TPSA) is 85.7 Å². The van der Waals surface area contributed by atoms with Gasteiger partial charge in [-0.05, 0) is 43.2 Å². The zero-order chi connectivity index (χ0) is 22.8. The van der Waals surface area contributed by atoms with Crippen LogP contribution in [0.4, 0.5) is 0 Å². The number of benzene rings is 2. The number of carbonyl (C=O) groups excluding carboxylic acids is 1. The summed E-state index contributed by atoms with van der Waals surface area (Å²) in [7, 11) is 1.58. The minimum atomic E-state index is -0.215. The number of hydrogen-bond acceptors (Lipinski definition) is 9. The second-order valence-corrected chi connectivity index (χ2v) is 9.96. The Morgan fingerprint density at radius 3 is 2.59 bits per heavy atom. The maximum atomic E-state index is 12.1. The van der Waals surface area contributed by atoms with Crippen LogP contribution in [0.3, 0.4) is 0 Å². The van der Waals surface area contributed by atoms with Gasteiger partial charge in [0.25, 0.3) is 5.91 Å². The first-order chi connectivity index (χ1) is 15.6. The summed E-state index contributed by atoms with van der Waals surface area (Å²) in [4.78, 5) is 12.1. The summed E-state index contributed by atoms with van der Waals surface area (Å²) >= 11 is 4.47. The van der Waals surface area contributed by atoms with Crippen LogP contribution in [0.1, 0.15) is 23.6 Å². The Labute approximate surface area is 200 Å². The minimum Gasteiger partial charge on any atom is -0.493 e. The molecule has 0 fully saturated rings. The summed E-state index contributed by atoms with van der Waals surface area (Å²) in [5, 5.41) is 12.4. The molecule has 7 nitrogen and oxygen atoms in total. The van der Waals surface area contributed by atoms with E-state index in [0.717, 1.165) is 20.0 Å². The molecule has 1 N–H and O–H groups in total. The number of carbonyl (C=O) groups is 1. The molecule has 3 rings (SSSR count). The number of methoxy groups -OCH3 is 1. The molecule has 1 aromatic heterocycles. The van der Waals surface area contributed by atoms with Gasteiger partial charge >= 0.3 is 0 Å². The predicted molar refractivity (Wildman–Crippen MR) is 131 cm³/mol. The highest BCUT2D eigenvalue weighted by Crippen LogP contribution is 2.30. The van der Waals surface area contributed by atoms with E-state index in [2.05, 4.69) is 51.9 Å². The highest BCUT2D eigenvalue weighted by atomic mass is 32.2. The third kappa shape index (κ3) is 7.54. The predicted octanol–water partition coefficient (Wildman–Crippen LogP) is 4.79. The van der Waals surface area contributed by atoms with Crippen molar-refractivity contribution in [3.63, 3.8) is 0 Å². The zero-order valence-electron chi connectivity index (χ0n) is 18.0. The monoisotopic (exact) mass is 488 g/mol. The van der Waals surface area contributed by atoms with E-state index >= 15 is 0 Å². The fourth-order valence-corrected chi connectivity index (χ4v) is 5.29. The lowest BCUT2D eigenvalue weighted by molar-refractivity contribution is -0.118. The van der Waals surface area contributed by atoms with E-state index < -0.39 is 0 Å². The van der Waals surface area contributed by atoms with Crippen molar-refractivity contribution in [2.75, 3.05) is 19.5 Å². The smallest absolute Gasteiger partial charge is 0.250 e. The molecule has 0 atom stereocenters. The van der Waals surface area contributed by atoms with Gasteiger partial charge in [-0.2, -0.15) is 5.10 Å². The average molecular weight is 489 g/mol. The highest BCUT2D eigenvalue weighted by molar-refractivity contribution is 8.03. The van der Waals surface area contributed by atoms with E-state index in [1.165, 1.54) is 34.2 Å². The number of hydrogen-bond donors (Lipinski definition) is 1. The van der Waals surface area contributed by atoms with Crippen LogP contribution in [0.5, 0.6) is 11.5 Å². The van der Waals surface area contributed by atoms with Crippen molar-refractivity contribution in [2.24, 2.45) is 5.10 Å². The Hall–Kier alpha value is -2.56. The van der Waals surface area contributed by atoms with Crippen LogP contribution in [0, 0.1) is 6.92 Å². The molecular formula is C22H24N4O3S3. The molecule has 2 aromatic carbocycles. The Morgan fingerprint density at radius 1 is 1.12 bits per heavy atom. The van der Waals surface area contributed by atoms with E-state index in [1.807, 2.05) is 19.1 Å². The van der Waals surface area contributed by atoms with E-state index in [0.29, 0.717) is 18.1 Å². The van der Waals surface area contributed by atoms with Gasteiger partial charge in [0.05, 0.1) is 25.7 Å². The number of nitrogens with zero attached hydrogens (tertiary/aromatic N) is 3. The molecule has 1 heterocycles. The highest BCUT2D eigenvalue weighted by Gasteiger charge is 2.09. The van der Waals surface area contributed by atoms with Gasteiger partial charge in [-0.25, -0.2) is 5.43 Å². The van der Waals surface area contributed by atoms with Crippen molar-refractivity contribution in [2.45, 2.75) is 28.3 Å². The molecule has 0 spiro atoms. The van der Waals surface area contributed by atoms with Gasteiger partial charge in [0.2, 0.25) is 0 Å². The van der Waals surface area contributed by atoms with Crippen molar-refractivity contribution in [1.29, 1.82) is 0 Å². The maximum Gasteiger partial charge on any atom is 0.250 e. The number of aromatic nitrogens is 2. The van der Waals surface area contributed by atoms with Gasteiger partial charge in [-0.1, -0.05) is 64.7 Å². The molecule has 32 heavy (non-hydrogen) atoms. The summed E-state index contributed by atoms with van der Waals surface area (Å²) in [6.45, 7) is 4.54. The standard InChI is InChI=1S/C22H24N4O3S3/c1-4-29-18-10-9-17(11-19(18)28-3)12-23-24-20(27)14-31-22-26-25-21(32-22)30-13-16-7-5-15(2)6-8-16/h5-12H,4,13-14H2,1-3H3,(H,24,27)/b23-12+. The molecule has 0 saturated heterocycles. The molecule has 0 aliphatic carbocycles. The Kier molecular flexibility index (Phi) is 9.39. The summed E-state index contributed by atoms with van der Waals surface area (Å²) in [5.74, 6) is 2.12. The third-order valence-corrected chi connectivity index (χ3v) is 7.35. The fraction of sp³-hybridized carbons (Fsp3) is 0.273. The van der Waals surface area contributed by atoms with E-state index in [-0.39, 0.29) is 11.7 Å². The Morgan fingerprint density at radius 2 is 1.88 bits per heavy atom. The summed E-state index contributed by atoms with van der Waals surface area (Å²) in [6, 6.07) is 13.9. The Bertz CT molecular complexity index is 1050. The van der Waals surface area contributed by atoms with Crippen molar-refractivity contribution < 1.29 is 14.3 Å². The SMILES string of the molecule is CCOc1ccc(/C=N/NC(=O)CSc2nnc(SCc3ccc(C)cc3)s2)cc1OC. The van der Waals surface area contributed by atoms with Crippen molar-refractivity contribution >= 4 is 47.0 Å². The van der Waals surface area contributed by atoms with Crippen molar-refractivity contribution in [1.82, 2.24) is 15.6 Å². The summed E-state index contributed by atoms with van der Waals surface area (Å²) in [5.41, 5.74) is 5.80. The lowest BCUT2D eigenvalue weighted by Gasteiger charge is -2.09. The fourth-order valence-electron chi connectivity index (χ4n) is 2.52. The number of hydrazone groups is 1. The second-order valence-electron chi connectivity index (χ2n) is 6.53. The number of amides is 1. The lowest BCUT2D eigenvalue weighted by atomic mass is 10.2. The molecule has 0 radical (unpaired) electrons. The first kappa shape index (κ1) is 24.1. The first-order valence-electron chi connectivity index (χ1n) is 9.84. The van der Waals surface area contributed by atoms with Gasteiger partial charge < -0.3 is 9.47 Å². The molecule has 0 unspecified atom stereocenters. The van der Waals surface area contributed by atoms with Gasteiger partial charge in [-0.3, -0.25) is 4.79 Å². The molecule has 1 amide bonds. The second kappa shape index (κ2) is 12.5.